The number of ether oxygens (including phenoxy) is 2. The van der Waals surface area contributed by atoms with Gasteiger partial charge in [0, 0.05) is 17.6 Å². The number of hydrogen-bond acceptors (Lipinski definition) is 5. The van der Waals surface area contributed by atoms with Gasteiger partial charge in [0.25, 0.3) is 0 Å². The molecule has 0 aliphatic heterocycles. The molecule has 7 heteroatoms. The number of hydrogen-bond donors (Lipinski definition) is 0. The summed E-state index contributed by atoms with van der Waals surface area (Å²) < 4.78 is 36.4. The summed E-state index contributed by atoms with van der Waals surface area (Å²) in [7, 11) is -1.67. The van der Waals surface area contributed by atoms with E-state index < -0.39 is 9.84 Å². The van der Waals surface area contributed by atoms with Gasteiger partial charge in [0.15, 0.2) is 9.84 Å². The molecule has 0 N–H and O–H groups in total. The topological polar surface area (TPSA) is 74.6 Å². The van der Waals surface area contributed by atoms with Gasteiger partial charge in [-0.25, -0.2) is 8.42 Å². The van der Waals surface area contributed by atoms with Crippen molar-refractivity contribution in [2.75, 3.05) is 20.0 Å². The quantitative estimate of drug-likeness (QED) is 0.344. The molecule has 1 heterocycles. The van der Waals surface area contributed by atoms with Gasteiger partial charge in [-0.05, 0) is 66.9 Å². The summed E-state index contributed by atoms with van der Waals surface area (Å²) in [4.78, 5) is 12.6. The third-order valence-corrected chi connectivity index (χ3v) is 6.49. The maximum Gasteiger partial charge on any atom is 0.310 e. The molecule has 32 heavy (non-hydrogen) atoms. The summed E-state index contributed by atoms with van der Waals surface area (Å²) in [6.45, 7) is 4.44. The van der Waals surface area contributed by atoms with Crippen molar-refractivity contribution in [3.8, 4) is 22.7 Å². The van der Waals surface area contributed by atoms with Crippen LogP contribution in [0.2, 0.25) is 0 Å². The van der Waals surface area contributed by atoms with E-state index in [0.717, 1.165) is 46.8 Å². The first-order valence-corrected chi connectivity index (χ1v) is 12.5. The fourth-order valence-electron chi connectivity index (χ4n) is 3.52. The van der Waals surface area contributed by atoms with Crippen LogP contribution in [0, 0.1) is 6.92 Å². The fourth-order valence-corrected chi connectivity index (χ4v) is 4.15. The molecule has 170 valence electrons. The molecule has 2 aromatic carbocycles. The molecule has 0 aliphatic rings. The molecule has 3 rings (SSSR count). The minimum atomic E-state index is -3.28. The Bertz CT molecular complexity index is 1180. The lowest BCUT2D eigenvalue weighted by molar-refractivity contribution is -0.142. The molecule has 0 saturated carbocycles. The Balaban J connectivity index is 2.04. The van der Waals surface area contributed by atoms with E-state index in [4.69, 9.17) is 9.47 Å². The first-order valence-electron chi connectivity index (χ1n) is 10.6. The summed E-state index contributed by atoms with van der Waals surface area (Å²) in [6, 6.07) is 16.4. The molecule has 0 fully saturated rings. The lowest BCUT2D eigenvalue weighted by Gasteiger charge is -2.13. The van der Waals surface area contributed by atoms with Gasteiger partial charge in [-0.3, -0.25) is 4.79 Å². The normalized spacial score (nSPS) is 11.4. The molecule has 0 radical (unpaired) electrons. The zero-order valence-electron chi connectivity index (χ0n) is 18.9. The average Bonchev–Trinajstić information content (AvgIpc) is 3.09. The Hall–Kier alpha value is -3.06. The van der Waals surface area contributed by atoms with Crippen molar-refractivity contribution in [3.63, 3.8) is 0 Å². The first-order chi connectivity index (χ1) is 15.2. The third-order valence-electron chi connectivity index (χ3n) is 5.36. The van der Waals surface area contributed by atoms with E-state index in [0.29, 0.717) is 6.61 Å². The summed E-state index contributed by atoms with van der Waals surface area (Å²) in [5.41, 5.74) is 4.41. The molecule has 0 unspecified atom stereocenters. The average molecular weight is 456 g/mol. The van der Waals surface area contributed by atoms with E-state index in [9.17, 15) is 13.2 Å². The van der Waals surface area contributed by atoms with E-state index in [1.54, 1.807) is 31.4 Å². The van der Waals surface area contributed by atoms with Gasteiger partial charge in [-0.15, -0.1) is 0 Å². The lowest BCUT2D eigenvalue weighted by Crippen LogP contribution is -2.09. The van der Waals surface area contributed by atoms with E-state index >= 15 is 0 Å². The van der Waals surface area contributed by atoms with Crippen molar-refractivity contribution in [2.24, 2.45) is 0 Å². The van der Waals surface area contributed by atoms with Crippen LogP contribution in [0.15, 0.2) is 59.5 Å². The van der Waals surface area contributed by atoms with Crippen LogP contribution in [0.5, 0.6) is 5.75 Å². The van der Waals surface area contributed by atoms with E-state index in [1.807, 2.05) is 44.2 Å². The molecule has 0 aliphatic carbocycles. The van der Waals surface area contributed by atoms with Crippen LogP contribution < -0.4 is 4.74 Å². The zero-order valence-corrected chi connectivity index (χ0v) is 19.7. The maximum atomic E-state index is 12.4. The molecule has 0 amide bonds. The van der Waals surface area contributed by atoms with Gasteiger partial charge in [-0.1, -0.05) is 25.5 Å². The highest BCUT2D eigenvalue weighted by Gasteiger charge is 2.18. The van der Waals surface area contributed by atoms with E-state index in [2.05, 4.69) is 4.57 Å². The second-order valence-electron chi connectivity index (χ2n) is 7.72. The van der Waals surface area contributed by atoms with Crippen molar-refractivity contribution in [2.45, 2.75) is 38.0 Å². The Kier molecular flexibility index (Phi) is 7.40. The summed E-state index contributed by atoms with van der Waals surface area (Å²) >= 11 is 0. The largest absolute Gasteiger partial charge is 0.497 e. The van der Waals surface area contributed by atoms with E-state index in [1.165, 1.54) is 6.26 Å². The van der Waals surface area contributed by atoms with E-state index in [-0.39, 0.29) is 17.3 Å². The number of nitrogens with zero attached hydrogens (tertiary/aromatic N) is 1. The second-order valence-corrected chi connectivity index (χ2v) is 9.74. The Morgan fingerprint density at radius 2 is 1.69 bits per heavy atom. The van der Waals surface area contributed by atoms with Crippen molar-refractivity contribution < 1.29 is 22.7 Å². The number of aromatic nitrogens is 1. The number of carbonyl (C=O) groups is 1. The van der Waals surface area contributed by atoms with Crippen molar-refractivity contribution in [1.82, 2.24) is 4.57 Å². The van der Waals surface area contributed by atoms with Crippen molar-refractivity contribution >= 4 is 15.8 Å². The lowest BCUT2D eigenvalue weighted by atomic mass is 10.1. The number of rotatable bonds is 9. The van der Waals surface area contributed by atoms with Crippen LogP contribution in [-0.4, -0.2) is 38.9 Å². The van der Waals surface area contributed by atoms with Crippen LogP contribution in [0.25, 0.3) is 16.9 Å². The number of benzene rings is 2. The molecule has 1 aromatic heterocycles. The molecular formula is C25H29NO5S. The maximum absolute atomic E-state index is 12.4. The predicted octanol–water partition coefficient (Wildman–Crippen LogP) is 4.75. The molecule has 0 bridgehead atoms. The van der Waals surface area contributed by atoms with Gasteiger partial charge in [0.2, 0.25) is 0 Å². The zero-order chi connectivity index (χ0) is 23.3. The van der Waals surface area contributed by atoms with Gasteiger partial charge < -0.3 is 14.0 Å². The number of sulfone groups is 1. The number of carbonyl (C=O) groups excluding carboxylic acids is 1. The summed E-state index contributed by atoms with van der Waals surface area (Å²) in [6.07, 6.45) is 3.17. The Morgan fingerprint density at radius 1 is 1.03 bits per heavy atom. The SMILES string of the molecule is CCCCOC(=O)Cc1cc(-c2ccc(S(C)(=O)=O)cc2)n(-c2ccc(OC)cc2)c1C. The molecule has 3 aromatic rings. The molecular weight excluding hydrogens is 426 g/mol. The van der Waals surface area contributed by atoms with Crippen LogP contribution in [0.3, 0.4) is 0 Å². The highest BCUT2D eigenvalue weighted by atomic mass is 32.2. The number of methoxy groups -OCH3 is 1. The van der Waals surface area contributed by atoms with Gasteiger partial charge in [0.1, 0.15) is 5.75 Å². The van der Waals surface area contributed by atoms with Crippen LogP contribution in [0.4, 0.5) is 0 Å². The highest BCUT2D eigenvalue weighted by molar-refractivity contribution is 7.90. The van der Waals surface area contributed by atoms with Crippen LogP contribution in [0.1, 0.15) is 31.0 Å². The minimum absolute atomic E-state index is 0.174. The minimum Gasteiger partial charge on any atom is -0.497 e. The van der Waals surface area contributed by atoms with Crippen molar-refractivity contribution in [1.29, 1.82) is 0 Å². The third kappa shape index (κ3) is 5.40. The molecule has 0 saturated heterocycles. The second kappa shape index (κ2) is 10.0. The highest BCUT2D eigenvalue weighted by Crippen LogP contribution is 2.31. The molecule has 0 spiro atoms. The number of esters is 1. The van der Waals surface area contributed by atoms with Crippen molar-refractivity contribution in [3.05, 3.63) is 65.9 Å². The molecule has 0 atom stereocenters. The standard InChI is InChI=1S/C25H29NO5S/c1-5-6-15-31-25(27)17-20-16-24(19-7-13-23(14-8-19)32(4,28)29)26(18(20)2)21-9-11-22(30-3)12-10-21/h7-14,16H,5-6,15,17H2,1-4H3. The Morgan fingerprint density at radius 3 is 2.25 bits per heavy atom. The summed E-state index contributed by atoms with van der Waals surface area (Å²) in [5.74, 6) is 0.491. The van der Waals surface area contributed by atoms with Gasteiger partial charge in [0.05, 0.1) is 30.7 Å². The smallest absolute Gasteiger partial charge is 0.310 e. The Labute approximate surface area is 189 Å². The first kappa shape index (κ1) is 23.6. The molecule has 6 nitrogen and oxygen atoms in total. The van der Waals surface area contributed by atoms with Crippen LogP contribution in [-0.2, 0) is 25.8 Å². The summed E-state index contributed by atoms with van der Waals surface area (Å²) in [5, 5.41) is 0. The predicted molar refractivity (Wildman–Crippen MR) is 125 cm³/mol. The fraction of sp³-hybridized carbons (Fsp3) is 0.320. The van der Waals surface area contributed by atoms with Gasteiger partial charge >= 0.3 is 5.97 Å². The monoisotopic (exact) mass is 455 g/mol. The van der Waals surface area contributed by atoms with Gasteiger partial charge in [-0.2, -0.15) is 0 Å². The van der Waals surface area contributed by atoms with Crippen LogP contribution >= 0.6 is 0 Å². The number of unbranched alkanes of at least 4 members (excludes halogenated alkanes) is 1.